The van der Waals surface area contributed by atoms with Crippen molar-refractivity contribution in [2.75, 3.05) is 6.26 Å². The van der Waals surface area contributed by atoms with Crippen molar-refractivity contribution in [3.05, 3.63) is 0 Å². The van der Waals surface area contributed by atoms with Crippen LogP contribution in [0, 0.1) is 0 Å². The van der Waals surface area contributed by atoms with Gasteiger partial charge in [0.15, 0.2) is 0 Å². The van der Waals surface area contributed by atoms with E-state index in [1.807, 2.05) is 13.2 Å². The van der Waals surface area contributed by atoms with E-state index in [1.54, 1.807) is 11.8 Å². The van der Waals surface area contributed by atoms with Crippen molar-refractivity contribution >= 4 is 17.7 Å². The molecule has 0 heterocycles. The van der Waals surface area contributed by atoms with Gasteiger partial charge >= 0.3 is 5.97 Å². The molecule has 1 saturated carbocycles. The zero-order valence-electron chi connectivity index (χ0n) is 7.71. The van der Waals surface area contributed by atoms with Crippen molar-refractivity contribution in [1.29, 1.82) is 0 Å². The summed E-state index contributed by atoms with van der Waals surface area (Å²) in [5, 5.41) is -0.00870. The third-order valence-electron chi connectivity index (χ3n) is 2.27. The molecule has 0 spiro atoms. The van der Waals surface area contributed by atoms with Gasteiger partial charge in [-0.1, -0.05) is 0 Å². The van der Waals surface area contributed by atoms with Crippen molar-refractivity contribution < 1.29 is 9.53 Å². The maximum atomic E-state index is 11.3. The molecule has 1 atom stereocenters. The second-order valence-corrected chi connectivity index (χ2v) is 4.40. The predicted molar refractivity (Wildman–Crippen MR) is 51.3 cm³/mol. The lowest BCUT2D eigenvalue weighted by Crippen LogP contribution is -2.22. The average Bonchev–Trinajstić information content (AvgIpc) is 2.55. The summed E-state index contributed by atoms with van der Waals surface area (Å²) in [6.45, 7) is 1.89. The fraction of sp³-hybridized carbons (Fsp3) is 0.889. The lowest BCUT2D eigenvalue weighted by molar-refractivity contribution is -0.147. The summed E-state index contributed by atoms with van der Waals surface area (Å²) >= 11 is 1.54. The first-order chi connectivity index (χ1) is 5.74. The highest BCUT2D eigenvalue weighted by Gasteiger charge is 2.21. The van der Waals surface area contributed by atoms with Gasteiger partial charge in [0.2, 0.25) is 0 Å². The molecule has 0 aromatic carbocycles. The number of ether oxygens (including phenoxy) is 1. The minimum absolute atomic E-state index is 0.00870. The molecule has 0 aliphatic heterocycles. The van der Waals surface area contributed by atoms with Crippen LogP contribution in [0.4, 0.5) is 0 Å². The Morgan fingerprint density at radius 2 is 2.08 bits per heavy atom. The Morgan fingerprint density at radius 1 is 1.50 bits per heavy atom. The van der Waals surface area contributed by atoms with Gasteiger partial charge in [0.05, 0.1) is 5.25 Å². The van der Waals surface area contributed by atoms with Crippen LogP contribution in [0.2, 0.25) is 0 Å². The van der Waals surface area contributed by atoms with Crippen molar-refractivity contribution in [3.8, 4) is 0 Å². The fourth-order valence-corrected chi connectivity index (χ4v) is 1.61. The molecule has 0 N–H and O–H groups in total. The summed E-state index contributed by atoms with van der Waals surface area (Å²) < 4.78 is 5.30. The minimum Gasteiger partial charge on any atom is -0.462 e. The number of carbonyl (C=O) groups is 1. The van der Waals surface area contributed by atoms with Crippen LogP contribution in [0.1, 0.15) is 32.6 Å². The van der Waals surface area contributed by atoms with E-state index in [1.165, 1.54) is 12.8 Å². The SMILES string of the molecule is CSC(C)C(=O)OC1CCCC1. The van der Waals surface area contributed by atoms with Crippen molar-refractivity contribution in [3.63, 3.8) is 0 Å². The normalized spacial score (nSPS) is 20.8. The maximum absolute atomic E-state index is 11.3. The van der Waals surface area contributed by atoms with Crippen LogP contribution in [0.3, 0.4) is 0 Å². The molecular formula is C9H16O2S. The molecule has 1 unspecified atom stereocenters. The van der Waals surface area contributed by atoms with Gasteiger partial charge in [0, 0.05) is 0 Å². The number of hydrogen-bond acceptors (Lipinski definition) is 3. The number of esters is 1. The van der Waals surface area contributed by atoms with E-state index in [-0.39, 0.29) is 17.3 Å². The Morgan fingerprint density at radius 3 is 2.58 bits per heavy atom. The van der Waals surface area contributed by atoms with Crippen LogP contribution in [0.15, 0.2) is 0 Å². The second-order valence-electron chi connectivity index (χ2n) is 3.22. The second kappa shape index (κ2) is 4.75. The number of hydrogen-bond donors (Lipinski definition) is 0. The largest absolute Gasteiger partial charge is 0.462 e. The molecule has 70 valence electrons. The molecule has 1 aliphatic carbocycles. The molecule has 0 aromatic heterocycles. The molecule has 0 radical (unpaired) electrons. The first-order valence-corrected chi connectivity index (χ1v) is 5.76. The summed E-state index contributed by atoms with van der Waals surface area (Å²) in [5.41, 5.74) is 0. The van der Waals surface area contributed by atoms with Gasteiger partial charge < -0.3 is 4.74 Å². The number of carbonyl (C=O) groups excluding carboxylic acids is 1. The van der Waals surface area contributed by atoms with Gasteiger partial charge in [-0.3, -0.25) is 4.79 Å². The van der Waals surface area contributed by atoms with Gasteiger partial charge in [0.1, 0.15) is 6.10 Å². The van der Waals surface area contributed by atoms with Gasteiger partial charge in [-0.2, -0.15) is 11.8 Å². The third-order valence-corrected chi connectivity index (χ3v) is 3.17. The minimum atomic E-state index is -0.0469. The smallest absolute Gasteiger partial charge is 0.319 e. The molecule has 1 aliphatic rings. The summed E-state index contributed by atoms with van der Waals surface area (Å²) in [6, 6.07) is 0. The zero-order chi connectivity index (χ0) is 8.97. The van der Waals surface area contributed by atoms with E-state index >= 15 is 0 Å². The highest BCUT2D eigenvalue weighted by molar-refractivity contribution is 7.99. The van der Waals surface area contributed by atoms with Gasteiger partial charge in [-0.15, -0.1) is 0 Å². The Labute approximate surface area is 78.1 Å². The average molecular weight is 188 g/mol. The molecule has 0 amide bonds. The first-order valence-electron chi connectivity index (χ1n) is 4.47. The lowest BCUT2D eigenvalue weighted by atomic mass is 10.3. The summed E-state index contributed by atoms with van der Waals surface area (Å²) in [6.07, 6.45) is 6.70. The van der Waals surface area contributed by atoms with Gasteiger partial charge in [-0.25, -0.2) is 0 Å². The van der Waals surface area contributed by atoms with Crippen molar-refractivity contribution in [1.82, 2.24) is 0 Å². The fourth-order valence-electron chi connectivity index (χ4n) is 1.36. The van der Waals surface area contributed by atoms with Crippen LogP contribution in [0.25, 0.3) is 0 Å². The highest BCUT2D eigenvalue weighted by Crippen LogP contribution is 2.22. The molecular weight excluding hydrogens is 172 g/mol. The van der Waals surface area contributed by atoms with E-state index in [9.17, 15) is 4.79 Å². The Kier molecular flexibility index (Phi) is 3.92. The van der Waals surface area contributed by atoms with E-state index < -0.39 is 0 Å². The Hall–Kier alpha value is -0.180. The van der Waals surface area contributed by atoms with Crippen molar-refractivity contribution in [2.24, 2.45) is 0 Å². The van der Waals surface area contributed by atoms with Crippen LogP contribution in [-0.2, 0) is 9.53 Å². The first kappa shape index (κ1) is 9.90. The van der Waals surface area contributed by atoms with E-state index in [0.29, 0.717) is 0 Å². The van der Waals surface area contributed by atoms with E-state index in [4.69, 9.17) is 4.74 Å². The summed E-state index contributed by atoms with van der Waals surface area (Å²) in [4.78, 5) is 11.3. The molecule has 1 rings (SSSR count). The maximum Gasteiger partial charge on any atom is 0.319 e. The Balaban J connectivity index is 2.25. The molecule has 0 saturated heterocycles. The van der Waals surface area contributed by atoms with Crippen LogP contribution >= 0.6 is 11.8 Å². The van der Waals surface area contributed by atoms with Gasteiger partial charge in [-0.05, 0) is 38.9 Å². The molecule has 3 heteroatoms. The monoisotopic (exact) mass is 188 g/mol. The van der Waals surface area contributed by atoms with E-state index in [0.717, 1.165) is 12.8 Å². The molecule has 12 heavy (non-hydrogen) atoms. The zero-order valence-corrected chi connectivity index (χ0v) is 8.52. The predicted octanol–water partition coefficient (Wildman–Crippen LogP) is 2.22. The molecule has 0 aromatic rings. The lowest BCUT2D eigenvalue weighted by Gasteiger charge is -2.13. The van der Waals surface area contributed by atoms with Crippen LogP contribution < -0.4 is 0 Å². The number of rotatable bonds is 3. The molecule has 2 nitrogen and oxygen atoms in total. The topological polar surface area (TPSA) is 26.3 Å². The Bertz CT molecular complexity index is 153. The molecule has 1 fully saturated rings. The number of thioether (sulfide) groups is 1. The van der Waals surface area contributed by atoms with E-state index in [2.05, 4.69) is 0 Å². The quantitative estimate of drug-likeness (QED) is 0.635. The van der Waals surface area contributed by atoms with Crippen LogP contribution in [0.5, 0.6) is 0 Å². The standard InChI is InChI=1S/C9H16O2S/c1-7(12-2)9(10)11-8-5-3-4-6-8/h7-8H,3-6H2,1-2H3. The third kappa shape index (κ3) is 2.70. The summed E-state index contributed by atoms with van der Waals surface area (Å²) in [7, 11) is 0. The van der Waals surface area contributed by atoms with Crippen LogP contribution in [-0.4, -0.2) is 23.6 Å². The highest BCUT2D eigenvalue weighted by atomic mass is 32.2. The molecule has 0 bridgehead atoms. The summed E-state index contributed by atoms with van der Waals surface area (Å²) in [5.74, 6) is -0.0469. The van der Waals surface area contributed by atoms with Gasteiger partial charge in [0.25, 0.3) is 0 Å². The van der Waals surface area contributed by atoms with Crippen molar-refractivity contribution in [2.45, 2.75) is 44.0 Å².